The second-order valence-electron chi connectivity index (χ2n) is 5.02. The summed E-state index contributed by atoms with van der Waals surface area (Å²) in [6.07, 6.45) is 1.72. The van der Waals surface area contributed by atoms with Crippen molar-refractivity contribution >= 4 is 11.8 Å². The molecule has 0 spiro atoms. The number of methoxy groups -OCH3 is 3. The first-order chi connectivity index (χ1) is 11.1. The van der Waals surface area contributed by atoms with Gasteiger partial charge in [-0.15, -0.1) is 0 Å². The number of hydrogen-bond acceptors (Lipinski definition) is 7. The van der Waals surface area contributed by atoms with Crippen LogP contribution in [0.2, 0.25) is 0 Å². The predicted octanol–water partition coefficient (Wildman–Crippen LogP) is 2.18. The van der Waals surface area contributed by atoms with Gasteiger partial charge in [-0.2, -0.15) is 4.98 Å². The second kappa shape index (κ2) is 7.53. The smallest absolute Gasteiger partial charge is 0.224 e. The van der Waals surface area contributed by atoms with Crippen LogP contribution in [0.1, 0.15) is 5.56 Å². The molecule has 0 atom stereocenters. The van der Waals surface area contributed by atoms with E-state index in [1.54, 1.807) is 27.5 Å². The topological polar surface area (TPSA) is 68.7 Å². The molecule has 0 saturated carbocycles. The van der Waals surface area contributed by atoms with Crippen molar-refractivity contribution in [3.05, 3.63) is 30.0 Å². The molecule has 124 valence electrons. The number of hydrogen-bond donors (Lipinski definition) is 1. The molecule has 0 amide bonds. The lowest BCUT2D eigenvalue weighted by Crippen LogP contribution is -2.12. The zero-order chi connectivity index (χ0) is 16.8. The summed E-state index contributed by atoms with van der Waals surface area (Å²) in [5.74, 6) is 3.21. The summed E-state index contributed by atoms with van der Waals surface area (Å²) in [4.78, 5) is 10.6. The van der Waals surface area contributed by atoms with Crippen molar-refractivity contribution in [2.45, 2.75) is 6.54 Å². The number of benzene rings is 1. The Morgan fingerprint density at radius 3 is 2.22 bits per heavy atom. The van der Waals surface area contributed by atoms with Crippen molar-refractivity contribution in [2.75, 3.05) is 45.6 Å². The van der Waals surface area contributed by atoms with Crippen molar-refractivity contribution in [3.63, 3.8) is 0 Å². The SMILES string of the molecule is COc1cc(CNc2nccc(N(C)C)n2)cc(OC)c1OC. The molecule has 7 heteroatoms. The van der Waals surface area contributed by atoms with Gasteiger partial charge in [-0.3, -0.25) is 0 Å². The number of nitrogens with zero attached hydrogens (tertiary/aromatic N) is 3. The van der Waals surface area contributed by atoms with Crippen LogP contribution >= 0.6 is 0 Å². The second-order valence-corrected chi connectivity index (χ2v) is 5.02. The lowest BCUT2D eigenvalue weighted by molar-refractivity contribution is 0.324. The van der Waals surface area contributed by atoms with Crippen LogP contribution in [0.5, 0.6) is 17.2 Å². The number of aromatic nitrogens is 2. The zero-order valence-electron chi connectivity index (χ0n) is 14.1. The van der Waals surface area contributed by atoms with E-state index in [1.807, 2.05) is 37.2 Å². The van der Waals surface area contributed by atoms with Crippen LogP contribution in [0.15, 0.2) is 24.4 Å². The fraction of sp³-hybridized carbons (Fsp3) is 0.375. The number of nitrogens with one attached hydrogen (secondary N) is 1. The van der Waals surface area contributed by atoms with Crippen LogP contribution in [0.3, 0.4) is 0 Å². The molecule has 1 aromatic carbocycles. The van der Waals surface area contributed by atoms with Crippen molar-refractivity contribution in [2.24, 2.45) is 0 Å². The van der Waals surface area contributed by atoms with Gasteiger partial charge in [0.15, 0.2) is 11.5 Å². The molecule has 0 unspecified atom stereocenters. The van der Waals surface area contributed by atoms with Gasteiger partial charge in [0.25, 0.3) is 0 Å². The standard InChI is InChI=1S/C16H22N4O3/c1-20(2)14-6-7-17-16(19-14)18-10-11-8-12(21-3)15(23-5)13(9-11)22-4/h6-9H,10H2,1-5H3,(H,17,18,19). The minimum Gasteiger partial charge on any atom is -0.493 e. The Hall–Kier alpha value is -2.70. The first-order valence-corrected chi connectivity index (χ1v) is 7.12. The molecule has 1 heterocycles. The van der Waals surface area contributed by atoms with Gasteiger partial charge < -0.3 is 24.4 Å². The van der Waals surface area contributed by atoms with Gasteiger partial charge in [-0.1, -0.05) is 0 Å². The maximum absolute atomic E-state index is 5.35. The molecular formula is C16H22N4O3. The highest BCUT2D eigenvalue weighted by Crippen LogP contribution is 2.38. The van der Waals surface area contributed by atoms with Crippen LogP contribution in [0.4, 0.5) is 11.8 Å². The third-order valence-electron chi connectivity index (χ3n) is 3.27. The average molecular weight is 318 g/mol. The first-order valence-electron chi connectivity index (χ1n) is 7.12. The lowest BCUT2D eigenvalue weighted by atomic mass is 10.2. The van der Waals surface area contributed by atoms with E-state index in [1.165, 1.54) is 0 Å². The highest BCUT2D eigenvalue weighted by molar-refractivity contribution is 5.54. The van der Waals surface area contributed by atoms with Gasteiger partial charge in [0, 0.05) is 26.8 Å². The number of anilines is 2. The Labute approximate surface area is 136 Å². The molecule has 1 N–H and O–H groups in total. The van der Waals surface area contributed by atoms with Crippen molar-refractivity contribution < 1.29 is 14.2 Å². The minimum absolute atomic E-state index is 0.535. The van der Waals surface area contributed by atoms with Crippen LogP contribution in [-0.2, 0) is 6.54 Å². The first kappa shape index (κ1) is 16.7. The molecule has 0 aliphatic carbocycles. The highest BCUT2D eigenvalue weighted by Gasteiger charge is 2.13. The van der Waals surface area contributed by atoms with E-state index >= 15 is 0 Å². The number of rotatable bonds is 7. The molecule has 0 radical (unpaired) electrons. The van der Waals surface area contributed by atoms with E-state index < -0.39 is 0 Å². The quantitative estimate of drug-likeness (QED) is 0.839. The molecule has 0 aliphatic heterocycles. The molecule has 0 fully saturated rings. The van der Waals surface area contributed by atoms with Crippen molar-refractivity contribution in [1.29, 1.82) is 0 Å². The summed E-state index contributed by atoms with van der Waals surface area (Å²) in [5, 5.41) is 3.20. The van der Waals surface area contributed by atoms with E-state index in [4.69, 9.17) is 14.2 Å². The van der Waals surface area contributed by atoms with E-state index in [9.17, 15) is 0 Å². The largest absolute Gasteiger partial charge is 0.493 e. The van der Waals surface area contributed by atoms with Gasteiger partial charge in [0.05, 0.1) is 21.3 Å². The lowest BCUT2D eigenvalue weighted by Gasteiger charge is -2.15. The van der Waals surface area contributed by atoms with E-state index in [0.717, 1.165) is 11.4 Å². The fourth-order valence-corrected chi connectivity index (χ4v) is 2.10. The highest BCUT2D eigenvalue weighted by atomic mass is 16.5. The van der Waals surface area contributed by atoms with Gasteiger partial charge in [0.1, 0.15) is 5.82 Å². The zero-order valence-corrected chi connectivity index (χ0v) is 14.1. The summed E-state index contributed by atoms with van der Waals surface area (Å²) in [5.41, 5.74) is 0.971. The normalized spacial score (nSPS) is 10.1. The maximum atomic E-state index is 5.35. The molecule has 1 aromatic heterocycles. The molecule has 23 heavy (non-hydrogen) atoms. The Morgan fingerprint density at radius 2 is 1.70 bits per heavy atom. The van der Waals surface area contributed by atoms with Crippen molar-refractivity contribution in [3.8, 4) is 17.2 Å². The summed E-state index contributed by atoms with van der Waals surface area (Å²) < 4.78 is 16.0. The summed E-state index contributed by atoms with van der Waals surface area (Å²) >= 11 is 0. The van der Waals surface area contributed by atoms with E-state index in [0.29, 0.717) is 29.7 Å². The molecule has 2 aromatic rings. The maximum Gasteiger partial charge on any atom is 0.224 e. The molecule has 7 nitrogen and oxygen atoms in total. The predicted molar refractivity (Wildman–Crippen MR) is 89.8 cm³/mol. The van der Waals surface area contributed by atoms with Gasteiger partial charge in [-0.25, -0.2) is 4.98 Å². The molecule has 0 aliphatic rings. The number of ether oxygens (including phenoxy) is 3. The Bertz CT molecular complexity index is 637. The molecule has 0 saturated heterocycles. The fourth-order valence-electron chi connectivity index (χ4n) is 2.10. The third kappa shape index (κ3) is 3.94. The Kier molecular flexibility index (Phi) is 5.46. The van der Waals surface area contributed by atoms with E-state index in [-0.39, 0.29) is 0 Å². The Morgan fingerprint density at radius 1 is 1.04 bits per heavy atom. The summed E-state index contributed by atoms with van der Waals surface area (Å²) in [7, 11) is 8.64. The summed E-state index contributed by atoms with van der Waals surface area (Å²) in [6.45, 7) is 0.535. The van der Waals surface area contributed by atoms with Crippen molar-refractivity contribution in [1.82, 2.24) is 9.97 Å². The van der Waals surface area contributed by atoms with Crippen LogP contribution in [0.25, 0.3) is 0 Å². The summed E-state index contributed by atoms with van der Waals surface area (Å²) in [6, 6.07) is 5.64. The minimum atomic E-state index is 0.535. The van der Waals surface area contributed by atoms with Crippen LogP contribution in [0, 0.1) is 0 Å². The average Bonchev–Trinajstić information content (AvgIpc) is 2.59. The van der Waals surface area contributed by atoms with Crippen LogP contribution in [-0.4, -0.2) is 45.4 Å². The van der Waals surface area contributed by atoms with E-state index in [2.05, 4.69) is 15.3 Å². The third-order valence-corrected chi connectivity index (χ3v) is 3.27. The molecule has 0 bridgehead atoms. The monoisotopic (exact) mass is 318 g/mol. The van der Waals surface area contributed by atoms with Gasteiger partial charge in [-0.05, 0) is 23.8 Å². The van der Waals surface area contributed by atoms with Gasteiger partial charge >= 0.3 is 0 Å². The Balaban J connectivity index is 2.19. The van der Waals surface area contributed by atoms with Crippen LogP contribution < -0.4 is 24.4 Å². The van der Waals surface area contributed by atoms with Gasteiger partial charge in [0.2, 0.25) is 11.7 Å². The molecule has 2 rings (SSSR count). The molecular weight excluding hydrogens is 296 g/mol.